The van der Waals surface area contributed by atoms with Gasteiger partial charge < -0.3 is 14.7 Å². The highest BCUT2D eigenvalue weighted by Gasteiger charge is 2.49. The second-order valence-electron chi connectivity index (χ2n) is 8.45. The molecule has 26 heavy (non-hydrogen) atoms. The van der Waals surface area contributed by atoms with Crippen molar-refractivity contribution >= 4 is 11.9 Å². The van der Waals surface area contributed by atoms with Crippen molar-refractivity contribution < 1.29 is 19.4 Å². The minimum atomic E-state index is -0.318. The molecule has 1 N–H and O–H groups in total. The molecule has 2 bridgehead atoms. The SMILES string of the molecule is CC(=CCO)C(=O)OC1CCN2CC3CC(CN4C(=O)CCCC34)C2C1. The van der Waals surface area contributed by atoms with Crippen LogP contribution in [0, 0.1) is 11.8 Å². The number of ether oxygens (including phenoxy) is 1. The highest BCUT2D eigenvalue weighted by atomic mass is 16.5. The number of piperidine rings is 4. The molecule has 4 saturated heterocycles. The van der Waals surface area contributed by atoms with Gasteiger partial charge in [-0.15, -0.1) is 0 Å². The van der Waals surface area contributed by atoms with Crippen molar-refractivity contribution in [2.45, 2.75) is 63.6 Å². The minimum absolute atomic E-state index is 0.0582. The van der Waals surface area contributed by atoms with Crippen molar-refractivity contribution in [2.24, 2.45) is 11.8 Å². The monoisotopic (exact) mass is 362 g/mol. The number of esters is 1. The van der Waals surface area contributed by atoms with Gasteiger partial charge in [0, 0.05) is 50.1 Å². The Kier molecular flexibility index (Phi) is 5.06. The van der Waals surface area contributed by atoms with Crippen LogP contribution >= 0.6 is 0 Å². The quantitative estimate of drug-likeness (QED) is 0.606. The molecule has 4 aliphatic heterocycles. The largest absolute Gasteiger partial charge is 0.459 e. The fourth-order valence-electron chi connectivity index (χ4n) is 5.62. The first-order valence-electron chi connectivity index (χ1n) is 10.1. The fraction of sp³-hybridized carbons (Fsp3) is 0.800. The lowest BCUT2D eigenvalue weighted by molar-refractivity contribution is -0.156. The Bertz CT molecular complexity index is 605. The van der Waals surface area contributed by atoms with E-state index in [0.717, 1.165) is 38.9 Å². The van der Waals surface area contributed by atoms with Gasteiger partial charge in [0.1, 0.15) is 6.10 Å². The van der Waals surface area contributed by atoms with E-state index in [0.29, 0.717) is 41.8 Å². The maximum atomic E-state index is 12.4. The average Bonchev–Trinajstić information content (AvgIpc) is 2.63. The van der Waals surface area contributed by atoms with E-state index >= 15 is 0 Å². The first-order valence-corrected chi connectivity index (χ1v) is 10.1. The normalized spacial score (nSPS) is 37.8. The molecule has 4 aliphatic rings. The van der Waals surface area contributed by atoms with Crippen LogP contribution in [0.5, 0.6) is 0 Å². The molecular formula is C20H30N2O4. The molecule has 1 amide bonds. The summed E-state index contributed by atoms with van der Waals surface area (Å²) in [5, 5.41) is 8.94. The summed E-state index contributed by atoms with van der Waals surface area (Å²) >= 11 is 0. The number of aliphatic hydroxyl groups excluding tert-OH is 1. The predicted octanol–water partition coefficient (Wildman–Crippen LogP) is 1.33. The van der Waals surface area contributed by atoms with Crippen molar-refractivity contribution in [3.8, 4) is 0 Å². The van der Waals surface area contributed by atoms with Crippen molar-refractivity contribution in [2.75, 3.05) is 26.2 Å². The smallest absolute Gasteiger partial charge is 0.333 e. The van der Waals surface area contributed by atoms with E-state index in [-0.39, 0.29) is 18.7 Å². The molecule has 0 aliphatic carbocycles. The minimum Gasteiger partial charge on any atom is -0.459 e. The summed E-state index contributed by atoms with van der Waals surface area (Å²) in [5.41, 5.74) is 0.470. The Morgan fingerprint density at radius 3 is 2.85 bits per heavy atom. The van der Waals surface area contributed by atoms with Crippen LogP contribution in [0.25, 0.3) is 0 Å². The topological polar surface area (TPSA) is 70.1 Å². The molecular weight excluding hydrogens is 332 g/mol. The molecule has 0 aromatic heterocycles. The van der Waals surface area contributed by atoms with Crippen molar-refractivity contribution in [1.29, 1.82) is 0 Å². The first kappa shape index (κ1) is 18.0. The molecule has 144 valence electrons. The van der Waals surface area contributed by atoms with Gasteiger partial charge in [-0.2, -0.15) is 0 Å². The number of nitrogens with zero attached hydrogens (tertiary/aromatic N) is 2. The second-order valence-corrected chi connectivity index (χ2v) is 8.45. The summed E-state index contributed by atoms with van der Waals surface area (Å²) in [4.78, 5) is 29.3. The molecule has 6 heteroatoms. The van der Waals surface area contributed by atoms with Crippen LogP contribution < -0.4 is 0 Å². The van der Waals surface area contributed by atoms with Gasteiger partial charge in [0.15, 0.2) is 0 Å². The number of carbonyl (C=O) groups excluding carboxylic acids is 2. The van der Waals surface area contributed by atoms with Crippen LogP contribution in [0.15, 0.2) is 11.6 Å². The zero-order valence-corrected chi connectivity index (χ0v) is 15.6. The molecule has 5 atom stereocenters. The standard InChI is InChI=1S/C20H30N2O4/c1-13(6-8-23)20(25)26-16-5-7-21-11-14-9-15(18(21)10-16)12-22-17(14)3-2-4-19(22)24/h6,14-18,23H,2-5,7-12H2,1H3. The van der Waals surface area contributed by atoms with Gasteiger partial charge in [0.25, 0.3) is 0 Å². The van der Waals surface area contributed by atoms with Crippen LogP contribution in [0.4, 0.5) is 0 Å². The molecule has 0 aromatic carbocycles. The molecule has 4 fully saturated rings. The second kappa shape index (κ2) is 7.31. The van der Waals surface area contributed by atoms with E-state index in [2.05, 4.69) is 9.80 Å². The zero-order chi connectivity index (χ0) is 18.3. The molecule has 0 radical (unpaired) electrons. The van der Waals surface area contributed by atoms with Gasteiger partial charge in [0.2, 0.25) is 5.91 Å². The lowest BCUT2D eigenvalue weighted by Gasteiger charge is -2.57. The van der Waals surface area contributed by atoms with Crippen LogP contribution in [-0.4, -0.2) is 71.2 Å². The summed E-state index contributed by atoms with van der Waals surface area (Å²) in [6.45, 7) is 4.47. The van der Waals surface area contributed by atoms with Gasteiger partial charge >= 0.3 is 5.97 Å². The van der Waals surface area contributed by atoms with E-state index in [1.165, 1.54) is 18.9 Å². The molecule has 6 nitrogen and oxygen atoms in total. The van der Waals surface area contributed by atoms with Gasteiger partial charge in [-0.05, 0) is 50.5 Å². The van der Waals surface area contributed by atoms with E-state index in [4.69, 9.17) is 9.84 Å². The number of hydrogen-bond acceptors (Lipinski definition) is 5. The van der Waals surface area contributed by atoms with Gasteiger partial charge in [0.05, 0.1) is 6.61 Å². The highest BCUT2D eigenvalue weighted by molar-refractivity contribution is 5.87. The van der Waals surface area contributed by atoms with E-state index in [1.807, 2.05) is 0 Å². The van der Waals surface area contributed by atoms with Crippen LogP contribution in [0.1, 0.15) is 45.4 Å². The Morgan fingerprint density at radius 1 is 1.23 bits per heavy atom. The maximum Gasteiger partial charge on any atom is 0.333 e. The molecule has 4 heterocycles. The third-order valence-corrected chi connectivity index (χ3v) is 6.91. The Hall–Kier alpha value is -1.40. The Balaban J connectivity index is 1.42. The maximum absolute atomic E-state index is 12.4. The van der Waals surface area contributed by atoms with Crippen LogP contribution in [-0.2, 0) is 14.3 Å². The number of carbonyl (C=O) groups is 2. The van der Waals surface area contributed by atoms with E-state index in [1.54, 1.807) is 6.92 Å². The first-order chi connectivity index (χ1) is 12.6. The zero-order valence-electron chi connectivity index (χ0n) is 15.6. The summed E-state index contributed by atoms with van der Waals surface area (Å²) in [6, 6.07) is 0.867. The third-order valence-electron chi connectivity index (χ3n) is 6.91. The average molecular weight is 362 g/mol. The fourth-order valence-corrected chi connectivity index (χ4v) is 5.62. The molecule has 4 rings (SSSR count). The van der Waals surface area contributed by atoms with Gasteiger partial charge in [-0.1, -0.05) is 0 Å². The number of amides is 1. The van der Waals surface area contributed by atoms with E-state index < -0.39 is 0 Å². The summed E-state index contributed by atoms with van der Waals surface area (Å²) in [7, 11) is 0. The summed E-state index contributed by atoms with van der Waals surface area (Å²) in [6.07, 6.45) is 7.30. The lowest BCUT2D eigenvalue weighted by atomic mass is 9.70. The molecule has 0 saturated carbocycles. The number of hydrogen-bond donors (Lipinski definition) is 1. The lowest BCUT2D eigenvalue weighted by Crippen LogP contribution is -2.65. The number of rotatable bonds is 3. The Morgan fingerprint density at radius 2 is 2.04 bits per heavy atom. The third kappa shape index (κ3) is 3.29. The summed E-state index contributed by atoms with van der Waals surface area (Å²) < 4.78 is 5.69. The highest BCUT2D eigenvalue weighted by Crippen LogP contribution is 2.43. The predicted molar refractivity (Wildman–Crippen MR) is 96.3 cm³/mol. The van der Waals surface area contributed by atoms with Crippen molar-refractivity contribution in [1.82, 2.24) is 9.80 Å². The van der Waals surface area contributed by atoms with Crippen LogP contribution in [0.3, 0.4) is 0 Å². The molecule has 0 aromatic rings. The Labute approximate surface area is 155 Å². The summed E-state index contributed by atoms with van der Waals surface area (Å²) in [5.74, 6) is 1.14. The molecule has 5 unspecified atom stereocenters. The number of fused-ring (bicyclic) bond motifs is 6. The number of aliphatic hydroxyl groups is 1. The van der Waals surface area contributed by atoms with E-state index in [9.17, 15) is 9.59 Å². The molecule has 0 spiro atoms. The van der Waals surface area contributed by atoms with Crippen LogP contribution in [0.2, 0.25) is 0 Å². The van der Waals surface area contributed by atoms with Gasteiger partial charge in [-0.25, -0.2) is 4.79 Å². The van der Waals surface area contributed by atoms with Gasteiger partial charge in [-0.3, -0.25) is 9.69 Å². The van der Waals surface area contributed by atoms with Crippen molar-refractivity contribution in [3.05, 3.63) is 11.6 Å². The van der Waals surface area contributed by atoms with Crippen molar-refractivity contribution in [3.63, 3.8) is 0 Å².